The van der Waals surface area contributed by atoms with Crippen LogP contribution in [0.3, 0.4) is 0 Å². The van der Waals surface area contributed by atoms with Crippen molar-refractivity contribution in [3.05, 3.63) is 32.5 Å². The second-order valence-corrected chi connectivity index (χ2v) is 5.44. The van der Waals surface area contributed by atoms with Crippen LogP contribution < -0.4 is 10.2 Å². The first-order valence-corrected chi connectivity index (χ1v) is 6.95. The molecule has 0 saturated carbocycles. The van der Waals surface area contributed by atoms with E-state index in [2.05, 4.69) is 21.2 Å². The fourth-order valence-corrected chi connectivity index (χ4v) is 2.45. The number of halogens is 2. The van der Waals surface area contributed by atoms with E-state index < -0.39 is 10.7 Å². The molecule has 1 aliphatic heterocycles. The summed E-state index contributed by atoms with van der Waals surface area (Å²) in [6, 6.07) is 2.35. The Morgan fingerprint density at radius 2 is 2.40 bits per heavy atom. The van der Waals surface area contributed by atoms with Gasteiger partial charge in [-0.05, 0) is 15.9 Å². The van der Waals surface area contributed by atoms with Gasteiger partial charge in [-0.1, -0.05) is 0 Å². The summed E-state index contributed by atoms with van der Waals surface area (Å²) >= 11 is 2.96. The van der Waals surface area contributed by atoms with Crippen molar-refractivity contribution in [1.29, 1.82) is 0 Å². The zero-order chi connectivity index (χ0) is 14.7. The highest BCUT2D eigenvalue weighted by molar-refractivity contribution is 9.10. The lowest BCUT2D eigenvalue weighted by Gasteiger charge is -2.29. The van der Waals surface area contributed by atoms with E-state index in [0.717, 1.165) is 6.54 Å². The van der Waals surface area contributed by atoms with Gasteiger partial charge in [0.2, 0.25) is 0 Å². The number of hydrogen-bond donors (Lipinski definition) is 1. The third kappa shape index (κ3) is 3.44. The molecule has 2 rings (SSSR count). The molecular formula is C12H15BrFN3O3. The van der Waals surface area contributed by atoms with Crippen LogP contribution in [0.2, 0.25) is 0 Å². The molecule has 8 heteroatoms. The highest BCUT2D eigenvalue weighted by atomic mass is 79.9. The first-order chi connectivity index (χ1) is 9.49. The lowest BCUT2D eigenvalue weighted by molar-refractivity contribution is -0.384. The van der Waals surface area contributed by atoms with Crippen molar-refractivity contribution in [2.24, 2.45) is 0 Å². The molecule has 0 spiro atoms. The average molecular weight is 348 g/mol. The van der Waals surface area contributed by atoms with Gasteiger partial charge >= 0.3 is 0 Å². The monoisotopic (exact) mass is 347 g/mol. The highest BCUT2D eigenvalue weighted by Gasteiger charge is 2.23. The van der Waals surface area contributed by atoms with Gasteiger partial charge in [0.1, 0.15) is 11.5 Å². The molecule has 1 aromatic carbocycles. The number of ether oxygens (including phenoxy) is 1. The van der Waals surface area contributed by atoms with Gasteiger partial charge in [-0.25, -0.2) is 4.39 Å². The maximum Gasteiger partial charge on any atom is 0.293 e. The second kappa shape index (κ2) is 6.47. The minimum Gasteiger partial charge on any atom is -0.374 e. The standard InChI is InChI=1S/C12H15BrFN3O3/c1-16(7-8-6-15-2-3-20-8)11-5-10(14)9(13)4-12(11)17(18)19/h4-5,8,15H,2-3,6-7H2,1H3. The Kier molecular flexibility index (Phi) is 4.90. The lowest BCUT2D eigenvalue weighted by atomic mass is 10.2. The van der Waals surface area contributed by atoms with E-state index in [0.29, 0.717) is 19.7 Å². The Bertz CT molecular complexity index is 509. The van der Waals surface area contributed by atoms with E-state index in [1.165, 1.54) is 12.1 Å². The third-order valence-corrected chi connectivity index (χ3v) is 3.72. The van der Waals surface area contributed by atoms with Crippen LogP contribution in [0, 0.1) is 15.9 Å². The van der Waals surface area contributed by atoms with Gasteiger partial charge in [-0.3, -0.25) is 10.1 Å². The van der Waals surface area contributed by atoms with E-state index >= 15 is 0 Å². The van der Waals surface area contributed by atoms with Crippen molar-refractivity contribution in [2.45, 2.75) is 6.10 Å². The van der Waals surface area contributed by atoms with Crippen LogP contribution in [0.5, 0.6) is 0 Å². The predicted molar refractivity (Wildman–Crippen MR) is 76.6 cm³/mol. The van der Waals surface area contributed by atoms with E-state index in [1.807, 2.05) is 0 Å². The van der Waals surface area contributed by atoms with E-state index in [-0.39, 0.29) is 22.0 Å². The number of anilines is 1. The number of hydrogen-bond acceptors (Lipinski definition) is 5. The number of nitrogens with one attached hydrogen (secondary N) is 1. The van der Waals surface area contributed by atoms with Gasteiger partial charge in [-0.2, -0.15) is 0 Å². The van der Waals surface area contributed by atoms with Gasteiger partial charge in [0.25, 0.3) is 5.69 Å². The fraction of sp³-hybridized carbons (Fsp3) is 0.500. The molecule has 1 saturated heterocycles. The number of rotatable bonds is 4. The molecule has 110 valence electrons. The number of likely N-dealkylation sites (N-methyl/N-ethyl adjacent to an activating group) is 1. The summed E-state index contributed by atoms with van der Waals surface area (Å²) in [6.45, 7) is 2.54. The van der Waals surface area contributed by atoms with Crippen molar-refractivity contribution in [3.8, 4) is 0 Å². The summed E-state index contributed by atoms with van der Waals surface area (Å²) in [5.41, 5.74) is 0.106. The quantitative estimate of drug-likeness (QED) is 0.665. The van der Waals surface area contributed by atoms with Crippen molar-refractivity contribution >= 4 is 27.3 Å². The van der Waals surface area contributed by atoms with Gasteiger partial charge in [0, 0.05) is 38.8 Å². The molecule has 1 N–H and O–H groups in total. The van der Waals surface area contributed by atoms with Crippen LogP contribution in [0.15, 0.2) is 16.6 Å². The van der Waals surface area contributed by atoms with Gasteiger partial charge < -0.3 is 15.0 Å². The van der Waals surface area contributed by atoms with Crippen LogP contribution in [0.1, 0.15) is 0 Å². The minimum absolute atomic E-state index is 0.0694. The molecule has 0 aromatic heterocycles. The lowest BCUT2D eigenvalue weighted by Crippen LogP contribution is -2.44. The summed E-state index contributed by atoms with van der Waals surface area (Å²) in [5, 5.41) is 14.3. The van der Waals surface area contributed by atoms with E-state index in [9.17, 15) is 14.5 Å². The number of nitro groups is 1. The Balaban J connectivity index is 2.21. The Morgan fingerprint density at radius 3 is 3.00 bits per heavy atom. The zero-order valence-electron chi connectivity index (χ0n) is 10.9. The van der Waals surface area contributed by atoms with Gasteiger partial charge in [0.15, 0.2) is 0 Å². The molecule has 0 bridgehead atoms. The molecule has 6 nitrogen and oxygen atoms in total. The van der Waals surface area contributed by atoms with E-state index in [1.54, 1.807) is 11.9 Å². The molecular weight excluding hydrogens is 333 g/mol. The summed E-state index contributed by atoms with van der Waals surface area (Å²) < 4.78 is 19.2. The molecule has 0 amide bonds. The first kappa shape index (κ1) is 15.1. The molecule has 1 aliphatic rings. The minimum atomic E-state index is -0.528. The molecule has 1 heterocycles. The number of nitro benzene ring substituents is 1. The number of nitrogens with zero attached hydrogens (tertiary/aromatic N) is 2. The Hall–Kier alpha value is -1.25. The summed E-state index contributed by atoms with van der Waals surface area (Å²) in [5.74, 6) is -0.528. The van der Waals surface area contributed by atoms with Crippen LogP contribution in [-0.2, 0) is 4.74 Å². The molecule has 0 aliphatic carbocycles. The van der Waals surface area contributed by atoms with Crippen molar-refractivity contribution < 1.29 is 14.1 Å². The molecule has 1 fully saturated rings. The summed E-state index contributed by atoms with van der Waals surface area (Å²) in [7, 11) is 1.69. The van der Waals surface area contributed by atoms with Crippen molar-refractivity contribution in [1.82, 2.24) is 5.32 Å². The average Bonchev–Trinajstić information content (AvgIpc) is 2.42. The smallest absolute Gasteiger partial charge is 0.293 e. The summed E-state index contributed by atoms with van der Waals surface area (Å²) in [4.78, 5) is 12.2. The highest BCUT2D eigenvalue weighted by Crippen LogP contribution is 2.32. The van der Waals surface area contributed by atoms with Crippen LogP contribution >= 0.6 is 15.9 Å². The van der Waals surface area contributed by atoms with Crippen LogP contribution in [0.25, 0.3) is 0 Å². The van der Waals surface area contributed by atoms with Crippen LogP contribution in [0.4, 0.5) is 15.8 Å². The molecule has 0 radical (unpaired) electrons. The summed E-state index contributed by atoms with van der Waals surface area (Å²) in [6.07, 6.45) is -0.0694. The molecule has 1 unspecified atom stereocenters. The first-order valence-electron chi connectivity index (χ1n) is 6.16. The normalized spacial score (nSPS) is 18.9. The van der Waals surface area contributed by atoms with Gasteiger partial charge in [0.05, 0.1) is 22.1 Å². The Morgan fingerprint density at radius 1 is 1.65 bits per heavy atom. The second-order valence-electron chi connectivity index (χ2n) is 4.59. The molecule has 20 heavy (non-hydrogen) atoms. The van der Waals surface area contributed by atoms with Crippen molar-refractivity contribution in [2.75, 3.05) is 38.2 Å². The van der Waals surface area contributed by atoms with Crippen molar-refractivity contribution in [3.63, 3.8) is 0 Å². The third-order valence-electron chi connectivity index (χ3n) is 3.11. The Labute approximate surface area is 124 Å². The topological polar surface area (TPSA) is 67.6 Å². The molecule has 1 atom stereocenters. The maximum absolute atomic E-state index is 13.6. The molecule has 1 aromatic rings. The number of morpholine rings is 1. The fourth-order valence-electron chi connectivity index (χ4n) is 2.12. The predicted octanol–water partition coefficient (Wildman–Crippen LogP) is 1.92. The largest absolute Gasteiger partial charge is 0.374 e. The van der Waals surface area contributed by atoms with Crippen LogP contribution in [-0.4, -0.2) is 44.3 Å². The number of benzene rings is 1. The van der Waals surface area contributed by atoms with E-state index in [4.69, 9.17) is 4.74 Å². The SMILES string of the molecule is CN(CC1CNCCO1)c1cc(F)c(Br)cc1[N+](=O)[O-]. The van der Waals surface area contributed by atoms with Gasteiger partial charge in [-0.15, -0.1) is 0 Å². The zero-order valence-corrected chi connectivity index (χ0v) is 12.5. The maximum atomic E-state index is 13.6.